The molecule has 1 aliphatic rings. The van der Waals surface area contributed by atoms with Crippen LogP contribution >= 0.6 is 0 Å². The summed E-state index contributed by atoms with van der Waals surface area (Å²) in [6.45, 7) is 2.23. The lowest BCUT2D eigenvalue weighted by atomic mass is 10.2. The number of hydrogen-bond donors (Lipinski definition) is 1. The summed E-state index contributed by atoms with van der Waals surface area (Å²) in [6, 6.07) is 15.1. The van der Waals surface area contributed by atoms with Crippen molar-refractivity contribution in [3.8, 4) is 11.8 Å². The van der Waals surface area contributed by atoms with Gasteiger partial charge in [-0.1, -0.05) is 18.2 Å². The van der Waals surface area contributed by atoms with E-state index in [0.717, 1.165) is 5.56 Å². The third-order valence-corrected chi connectivity index (χ3v) is 6.71. The standard InChI is InChI=1S/C22H24N4O4S/c1-25-12-14-26(15-13-25)31(28,29)21-4-2-3-19(17-21)24-22(27)10-7-18-5-8-20(9-6-18)30-16-11-23/h2-10,17H,12-16H2,1H3,(H,24,27)/b10-7+. The molecule has 31 heavy (non-hydrogen) atoms. The molecule has 0 spiro atoms. The fourth-order valence-electron chi connectivity index (χ4n) is 3.06. The number of nitrogens with zero attached hydrogens (tertiary/aromatic N) is 3. The first-order chi connectivity index (χ1) is 14.9. The van der Waals surface area contributed by atoms with Gasteiger partial charge in [0.1, 0.15) is 11.8 Å². The topological polar surface area (TPSA) is 103 Å². The first-order valence-electron chi connectivity index (χ1n) is 9.76. The molecule has 162 valence electrons. The van der Waals surface area contributed by atoms with Gasteiger partial charge in [0.05, 0.1) is 4.90 Å². The Morgan fingerprint density at radius 3 is 2.55 bits per heavy atom. The molecule has 0 aliphatic carbocycles. The highest BCUT2D eigenvalue weighted by atomic mass is 32.2. The molecule has 1 aliphatic heterocycles. The van der Waals surface area contributed by atoms with Gasteiger partial charge in [0, 0.05) is 37.9 Å². The molecule has 1 fully saturated rings. The number of sulfonamides is 1. The molecule has 0 bridgehead atoms. The second-order valence-corrected chi connectivity index (χ2v) is 9.01. The summed E-state index contributed by atoms with van der Waals surface area (Å²) in [5, 5.41) is 11.2. The van der Waals surface area contributed by atoms with Gasteiger partial charge in [-0.3, -0.25) is 4.79 Å². The number of likely N-dealkylation sites (N-methyl/N-ethyl adjacent to an activating group) is 1. The Balaban J connectivity index is 1.63. The normalized spacial score (nSPS) is 15.5. The average molecular weight is 441 g/mol. The van der Waals surface area contributed by atoms with Crippen molar-refractivity contribution in [3.63, 3.8) is 0 Å². The molecule has 1 saturated heterocycles. The van der Waals surface area contributed by atoms with Crippen molar-refractivity contribution in [3.05, 3.63) is 60.2 Å². The minimum Gasteiger partial charge on any atom is -0.479 e. The van der Waals surface area contributed by atoms with Crippen LogP contribution < -0.4 is 10.1 Å². The SMILES string of the molecule is CN1CCN(S(=O)(=O)c2cccc(NC(=O)/C=C/c3ccc(OCC#N)cc3)c2)CC1. The summed E-state index contributed by atoms with van der Waals surface area (Å²) in [6.07, 6.45) is 3.00. The van der Waals surface area contributed by atoms with E-state index in [1.807, 2.05) is 13.1 Å². The Bertz CT molecular complexity index is 1080. The van der Waals surface area contributed by atoms with Gasteiger partial charge in [-0.2, -0.15) is 9.57 Å². The van der Waals surface area contributed by atoms with E-state index in [0.29, 0.717) is 37.6 Å². The number of rotatable bonds is 7. The highest BCUT2D eigenvalue weighted by Crippen LogP contribution is 2.21. The number of nitriles is 1. The molecule has 0 atom stereocenters. The Labute approximate surface area is 182 Å². The number of amides is 1. The van der Waals surface area contributed by atoms with Crippen molar-refractivity contribution in [2.45, 2.75) is 4.90 Å². The maximum atomic E-state index is 12.9. The van der Waals surface area contributed by atoms with Crippen LogP contribution in [0.15, 0.2) is 59.5 Å². The van der Waals surface area contributed by atoms with Gasteiger partial charge in [-0.15, -0.1) is 0 Å². The smallest absolute Gasteiger partial charge is 0.248 e. The summed E-state index contributed by atoms with van der Waals surface area (Å²) >= 11 is 0. The first-order valence-corrected chi connectivity index (χ1v) is 11.2. The van der Waals surface area contributed by atoms with Crippen molar-refractivity contribution in [1.82, 2.24) is 9.21 Å². The summed E-state index contributed by atoms with van der Waals surface area (Å²) in [5.74, 6) is 0.195. The number of anilines is 1. The van der Waals surface area contributed by atoms with Gasteiger partial charge < -0.3 is 15.0 Å². The van der Waals surface area contributed by atoms with E-state index in [4.69, 9.17) is 10.00 Å². The molecular formula is C22H24N4O4S. The highest BCUT2D eigenvalue weighted by molar-refractivity contribution is 7.89. The van der Waals surface area contributed by atoms with E-state index in [-0.39, 0.29) is 17.4 Å². The lowest BCUT2D eigenvalue weighted by molar-refractivity contribution is -0.111. The van der Waals surface area contributed by atoms with E-state index in [1.165, 1.54) is 22.5 Å². The molecule has 1 amide bonds. The van der Waals surface area contributed by atoms with Crippen LogP contribution in [0.1, 0.15) is 5.56 Å². The van der Waals surface area contributed by atoms with Gasteiger partial charge in [0.15, 0.2) is 6.61 Å². The second-order valence-electron chi connectivity index (χ2n) is 7.07. The molecule has 1 heterocycles. The molecule has 2 aromatic rings. The molecule has 0 saturated carbocycles. The van der Waals surface area contributed by atoms with E-state index < -0.39 is 10.0 Å². The number of ether oxygens (including phenoxy) is 1. The monoisotopic (exact) mass is 440 g/mol. The Morgan fingerprint density at radius 1 is 1.16 bits per heavy atom. The average Bonchev–Trinajstić information content (AvgIpc) is 2.77. The third-order valence-electron chi connectivity index (χ3n) is 4.81. The predicted molar refractivity (Wildman–Crippen MR) is 118 cm³/mol. The van der Waals surface area contributed by atoms with Crippen molar-refractivity contribution >= 4 is 27.7 Å². The number of carbonyl (C=O) groups is 1. The number of nitrogens with one attached hydrogen (secondary N) is 1. The largest absolute Gasteiger partial charge is 0.479 e. The molecule has 0 unspecified atom stereocenters. The zero-order chi connectivity index (χ0) is 22.3. The minimum atomic E-state index is -3.60. The van der Waals surface area contributed by atoms with Gasteiger partial charge in [-0.05, 0) is 49.0 Å². The second kappa shape index (κ2) is 10.2. The van der Waals surface area contributed by atoms with Gasteiger partial charge in [0.2, 0.25) is 15.9 Å². The van der Waals surface area contributed by atoms with Crippen LogP contribution in [-0.2, 0) is 14.8 Å². The van der Waals surface area contributed by atoms with Crippen LogP contribution in [0.5, 0.6) is 5.75 Å². The summed E-state index contributed by atoms with van der Waals surface area (Å²) in [7, 11) is -1.64. The lowest BCUT2D eigenvalue weighted by Gasteiger charge is -2.31. The maximum Gasteiger partial charge on any atom is 0.248 e. The quantitative estimate of drug-likeness (QED) is 0.662. The fraction of sp³-hybridized carbons (Fsp3) is 0.273. The zero-order valence-electron chi connectivity index (χ0n) is 17.2. The Hall–Kier alpha value is -3.19. The summed E-state index contributed by atoms with van der Waals surface area (Å²) < 4.78 is 32.4. The molecule has 0 radical (unpaired) electrons. The van der Waals surface area contributed by atoms with Crippen molar-refractivity contribution in [2.24, 2.45) is 0 Å². The molecule has 3 rings (SSSR count). The molecule has 1 N–H and O–H groups in total. The number of carbonyl (C=O) groups excluding carboxylic acids is 1. The molecule has 2 aromatic carbocycles. The maximum absolute atomic E-state index is 12.9. The van der Waals surface area contributed by atoms with Crippen LogP contribution in [-0.4, -0.2) is 63.4 Å². The van der Waals surface area contributed by atoms with Crippen molar-refractivity contribution in [2.75, 3.05) is 45.2 Å². The zero-order valence-corrected chi connectivity index (χ0v) is 18.0. The van der Waals surface area contributed by atoms with Crippen LogP contribution in [0, 0.1) is 11.3 Å². The van der Waals surface area contributed by atoms with E-state index in [2.05, 4.69) is 10.2 Å². The van der Waals surface area contributed by atoms with Gasteiger partial charge >= 0.3 is 0 Å². The minimum absolute atomic E-state index is 0.0266. The van der Waals surface area contributed by atoms with Gasteiger partial charge in [0.25, 0.3) is 0 Å². The summed E-state index contributed by atoms with van der Waals surface area (Å²) in [5.41, 5.74) is 1.19. The van der Waals surface area contributed by atoms with Crippen molar-refractivity contribution in [1.29, 1.82) is 5.26 Å². The fourth-order valence-corrected chi connectivity index (χ4v) is 4.53. The molecule has 9 heteroatoms. The van der Waals surface area contributed by atoms with E-state index in [1.54, 1.807) is 42.5 Å². The molecular weight excluding hydrogens is 416 g/mol. The van der Waals surface area contributed by atoms with Crippen molar-refractivity contribution < 1.29 is 17.9 Å². The molecule has 8 nitrogen and oxygen atoms in total. The van der Waals surface area contributed by atoms with Crippen LogP contribution in [0.2, 0.25) is 0 Å². The first kappa shape index (κ1) is 22.5. The predicted octanol–water partition coefficient (Wildman–Crippen LogP) is 2.18. The van der Waals surface area contributed by atoms with Crippen LogP contribution in [0.4, 0.5) is 5.69 Å². The number of benzene rings is 2. The third kappa shape index (κ3) is 6.15. The van der Waals surface area contributed by atoms with E-state index in [9.17, 15) is 13.2 Å². The number of hydrogen-bond acceptors (Lipinski definition) is 6. The highest BCUT2D eigenvalue weighted by Gasteiger charge is 2.27. The molecule has 0 aromatic heterocycles. The lowest BCUT2D eigenvalue weighted by Crippen LogP contribution is -2.47. The summed E-state index contributed by atoms with van der Waals surface area (Å²) in [4.78, 5) is 14.5. The van der Waals surface area contributed by atoms with Crippen LogP contribution in [0.25, 0.3) is 6.08 Å². The Morgan fingerprint density at radius 2 is 1.87 bits per heavy atom. The van der Waals surface area contributed by atoms with Crippen LogP contribution in [0.3, 0.4) is 0 Å². The Kier molecular flexibility index (Phi) is 7.41. The number of piperazine rings is 1. The van der Waals surface area contributed by atoms with Gasteiger partial charge in [-0.25, -0.2) is 8.42 Å². The van der Waals surface area contributed by atoms with E-state index >= 15 is 0 Å².